The molecule has 2 aromatic carbocycles. The molecule has 160 valence electrons. The molecule has 1 atom stereocenters. The number of piperidine rings is 1. The van der Waals surface area contributed by atoms with Gasteiger partial charge in [0, 0.05) is 18.7 Å². The molecule has 0 bridgehead atoms. The molecule has 1 unspecified atom stereocenters. The first kappa shape index (κ1) is 22.6. The molecule has 5 nitrogen and oxygen atoms in total. The van der Waals surface area contributed by atoms with E-state index < -0.39 is 0 Å². The average molecular weight is 435 g/mol. The zero-order chi connectivity index (χ0) is 20.9. The zero-order valence-corrected chi connectivity index (χ0v) is 18.2. The fraction of sp³-hybridized carbons (Fsp3) is 0.280. The molecule has 0 aliphatic carbocycles. The molecule has 1 aromatic heterocycles. The van der Waals surface area contributed by atoms with Crippen molar-refractivity contribution in [1.82, 2.24) is 9.88 Å². The Labute approximate surface area is 189 Å². The fourth-order valence-corrected chi connectivity index (χ4v) is 4.30. The van der Waals surface area contributed by atoms with Crippen LogP contribution in [0.25, 0.3) is 11.3 Å². The largest absolute Gasteiger partial charge is 0.507 e. The minimum absolute atomic E-state index is 0. The van der Waals surface area contributed by atoms with E-state index in [0.717, 1.165) is 44.5 Å². The van der Waals surface area contributed by atoms with Gasteiger partial charge >= 0.3 is 0 Å². The van der Waals surface area contributed by atoms with E-state index >= 15 is 0 Å². The minimum Gasteiger partial charge on any atom is -0.507 e. The number of para-hydroxylation sites is 1. The van der Waals surface area contributed by atoms with Crippen LogP contribution in [0.5, 0.6) is 5.75 Å². The van der Waals surface area contributed by atoms with Crippen LogP contribution in [0, 0.1) is 11.3 Å². The van der Waals surface area contributed by atoms with Crippen LogP contribution in [0.15, 0.2) is 60.7 Å². The average Bonchev–Trinajstić information content (AvgIpc) is 2.78. The number of nitrogens with two attached hydrogens (primary N) is 1. The number of benzene rings is 2. The number of hydrogen-bond donors (Lipinski definition) is 2. The first-order valence-corrected chi connectivity index (χ1v) is 10.4. The second kappa shape index (κ2) is 10.3. The molecule has 6 heteroatoms. The number of rotatable bonds is 5. The first-order valence-electron chi connectivity index (χ1n) is 10.4. The summed E-state index contributed by atoms with van der Waals surface area (Å²) in [6, 6.07) is 21.8. The number of likely N-dealkylation sites (tertiary alicyclic amines) is 1. The molecule has 3 aromatic rings. The molecule has 1 saturated heterocycles. The molecule has 1 aliphatic heterocycles. The molecule has 1 fully saturated rings. The van der Waals surface area contributed by atoms with E-state index in [1.54, 1.807) is 12.1 Å². The second-order valence-corrected chi connectivity index (χ2v) is 7.86. The van der Waals surface area contributed by atoms with E-state index in [0.29, 0.717) is 16.8 Å². The number of nitrogen functional groups attached to an aromatic ring is 1. The quantitative estimate of drug-likeness (QED) is 0.605. The lowest BCUT2D eigenvalue weighted by molar-refractivity contribution is 0.210. The number of aromatic nitrogens is 1. The number of nitriles is 1. The van der Waals surface area contributed by atoms with E-state index in [4.69, 9.17) is 5.73 Å². The van der Waals surface area contributed by atoms with Crippen molar-refractivity contribution in [2.75, 3.05) is 25.4 Å². The van der Waals surface area contributed by atoms with Gasteiger partial charge in [-0.1, -0.05) is 42.5 Å². The maximum absolute atomic E-state index is 10.2. The van der Waals surface area contributed by atoms with E-state index in [-0.39, 0.29) is 29.9 Å². The molecule has 1 aliphatic rings. The summed E-state index contributed by atoms with van der Waals surface area (Å²) >= 11 is 0. The highest BCUT2D eigenvalue weighted by atomic mass is 35.5. The van der Waals surface area contributed by atoms with E-state index in [9.17, 15) is 10.4 Å². The van der Waals surface area contributed by atoms with Crippen molar-refractivity contribution in [3.63, 3.8) is 0 Å². The SMILES string of the molecule is Cl.N#Cc1c(C2CCCN(CCc3ccccc3)C2)cc(-c2ccccc2O)nc1N. The fourth-order valence-electron chi connectivity index (χ4n) is 4.30. The summed E-state index contributed by atoms with van der Waals surface area (Å²) in [5, 5.41) is 20.0. The van der Waals surface area contributed by atoms with Crippen molar-refractivity contribution >= 4 is 18.2 Å². The highest BCUT2D eigenvalue weighted by Gasteiger charge is 2.25. The van der Waals surface area contributed by atoms with Crippen molar-refractivity contribution in [1.29, 1.82) is 5.26 Å². The third-order valence-corrected chi connectivity index (χ3v) is 5.87. The van der Waals surface area contributed by atoms with Gasteiger partial charge in [-0.3, -0.25) is 0 Å². The Morgan fingerprint density at radius 2 is 1.87 bits per heavy atom. The maximum atomic E-state index is 10.2. The minimum atomic E-state index is 0. The summed E-state index contributed by atoms with van der Waals surface area (Å²) in [7, 11) is 0. The summed E-state index contributed by atoms with van der Waals surface area (Å²) < 4.78 is 0. The van der Waals surface area contributed by atoms with Gasteiger partial charge in [0.2, 0.25) is 0 Å². The third-order valence-electron chi connectivity index (χ3n) is 5.87. The van der Waals surface area contributed by atoms with Gasteiger partial charge < -0.3 is 15.7 Å². The summed E-state index contributed by atoms with van der Waals surface area (Å²) in [6.07, 6.45) is 3.11. The molecular weight excluding hydrogens is 408 g/mol. The van der Waals surface area contributed by atoms with Gasteiger partial charge in [-0.2, -0.15) is 5.26 Å². The highest BCUT2D eigenvalue weighted by Crippen LogP contribution is 2.35. The zero-order valence-electron chi connectivity index (χ0n) is 17.4. The number of hydrogen-bond acceptors (Lipinski definition) is 5. The summed E-state index contributed by atoms with van der Waals surface area (Å²) in [6.45, 7) is 2.96. The van der Waals surface area contributed by atoms with Crippen LogP contribution < -0.4 is 5.73 Å². The van der Waals surface area contributed by atoms with Crippen LogP contribution in [0.3, 0.4) is 0 Å². The van der Waals surface area contributed by atoms with Crippen molar-refractivity contribution in [2.24, 2.45) is 0 Å². The van der Waals surface area contributed by atoms with Crippen molar-refractivity contribution in [3.8, 4) is 23.1 Å². The monoisotopic (exact) mass is 434 g/mol. The molecule has 0 saturated carbocycles. The van der Waals surface area contributed by atoms with Crippen LogP contribution in [-0.2, 0) is 6.42 Å². The first-order chi connectivity index (χ1) is 14.7. The topological polar surface area (TPSA) is 86.2 Å². The Kier molecular flexibility index (Phi) is 7.51. The Morgan fingerprint density at radius 3 is 2.61 bits per heavy atom. The van der Waals surface area contributed by atoms with Crippen LogP contribution in [0.4, 0.5) is 5.82 Å². The Hall–Kier alpha value is -3.07. The van der Waals surface area contributed by atoms with Gasteiger partial charge in [0.15, 0.2) is 0 Å². The lowest BCUT2D eigenvalue weighted by Crippen LogP contribution is -2.36. The number of phenolic OH excluding ortho intramolecular Hbond substituents is 1. The summed E-state index contributed by atoms with van der Waals surface area (Å²) in [5.41, 5.74) is 10.2. The number of pyridine rings is 1. The normalized spacial score (nSPS) is 16.3. The molecule has 31 heavy (non-hydrogen) atoms. The molecule has 0 radical (unpaired) electrons. The molecule has 3 N–H and O–H groups in total. The van der Waals surface area contributed by atoms with Gasteiger partial charge in [0.1, 0.15) is 17.6 Å². The van der Waals surface area contributed by atoms with E-state index in [1.807, 2.05) is 24.3 Å². The Morgan fingerprint density at radius 1 is 1.13 bits per heavy atom. The van der Waals surface area contributed by atoms with E-state index in [2.05, 4.69) is 40.2 Å². The van der Waals surface area contributed by atoms with Crippen LogP contribution in [-0.4, -0.2) is 34.6 Å². The van der Waals surface area contributed by atoms with Gasteiger partial charge in [0.25, 0.3) is 0 Å². The summed E-state index contributed by atoms with van der Waals surface area (Å²) in [4.78, 5) is 6.88. The van der Waals surface area contributed by atoms with Crippen LogP contribution >= 0.6 is 12.4 Å². The smallest absolute Gasteiger partial charge is 0.142 e. The highest BCUT2D eigenvalue weighted by molar-refractivity contribution is 5.85. The Balaban J connectivity index is 0.00000272. The van der Waals surface area contributed by atoms with E-state index in [1.165, 1.54) is 5.56 Å². The molecule has 0 spiro atoms. The number of aromatic hydroxyl groups is 1. The predicted molar refractivity (Wildman–Crippen MR) is 126 cm³/mol. The van der Waals surface area contributed by atoms with Gasteiger partial charge in [-0.25, -0.2) is 4.98 Å². The predicted octanol–water partition coefficient (Wildman–Crippen LogP) is 4.75. The number of phenols is 1. The molecule has 0 amide bonds. The molecular formula is C25H27ClN4O. The number of nitrogens with zero attached hydrogens (tertiary/aromatic N) is 3. The lowest BCUT2D eigenvalue weighted by atomic mass is 9.87. The van der Waals surface area contributed by atoms with Gasteiger partial charge in [0.05, 0.1) is 11.3 Å². The van der Waals surface area contributed by atoms with Crippen molar-refractivity contribution in [2.45, 2.75) is 25.2 Å². The lowest BCUT2D eigenvalue weighted by Gasteiger charge is -2.33. The second-order valence-electron chi connectivity index (χ2n) is 7.86. The van der Waals surface area contributed by atoms with Crippen molar-refractivity contribution < 1.29 is 5.11 Å². The summed E-state index contributed by atoms with van der Waals surface area (Å²) in [5.74, 6) is 0.613. The number of halogens is 1. The third kappa shape index (κ3) is 5.16. The van der Waals surface area contributed by atoms with Crippen LogP contribution in [0.2, 0.25) is 0 Å². The van der Waals surface area contributed by atoms with Gasteiger partial charge in [-0.05, 0) is 61.1 Å². The maximum Gasteiger partial charge on any atom is 0.142 e. The number of anilines is 1. The molecule has 2 heterocycles. The van der Waals surface area contributed by atoms with Crippen LogP contribution in [0.1, 0.15) is 35.4 Å². The van der Waals surface area contributed by atoms with Crippen molar-refractivity contribution in [3.05, 3.63) is 77.4 Å². The molecule has 4 rings (SSSR count). The van der Waals surface area contributed by atoms with Gasteiger partial charge in [-0.15, -0.1) is 12.4 Å². The standard InChI is InChI=1S/C25H26N4O.ClH/c26-16-22-21(15-23(28-25(22)27)20-10-4-5-11-24(20)30)19-9-6-13-29(17-19)14-12-18-7-2-1-3-8-18;/h1-5,7-8,10-11,15,19,30H,6,9,12-14,17H2,(H2,27,28);1H. The Bertz CT molecular complexity index is 1060.